The van der Waals surface area contributed by atoms with E-state index in [-0.39, 0.29) is 18.3 Å². The minimum Gasteiger partial charge on any atom is -0.475 e. The molecule has 0 radical (unpaired) electrons. The van der Waals surface area contributed by atoms with Gasteiger partial charge in [-0.25, -0.2) is 14.6 Å². The molecule has 2 aromatic rings. The molecule has 0 aliphatic carbocycles. The van der Waals surface area contributed by atoms with E-state index in [9.17, 15) is 9.59 Å². The monoisotopic (exact) mass is 330 g/mol. The second-order valence-electron chi connectivity index (χ2n) is 5.61. The van der Waals surface area contributed by atoms with Crippen LogP contribution in [0, 0.1) is 0 Å². The molecule has 1 aliphatic rings. The molecule has 1 aliphatic heterocycles. The highest BCUT2D eigenvalue weighted by molar-refractivity contribution is 5.83. The van der Waals surface area contributed by atoms with Crippen molar-refractivity contribution in [3.05, 3.63) is 53.7 Å². The number of carbonyl (C=O) groups is 2. The molecule has 1 aromatic heterocycles. The lowest BCUT2D eigenvalue weighted by atomic mass is 10.0. The summed E-state index contributed by atoms with van der Waals surface area (Å²) in [4.78, 5) is 28.9. The van der Waals surface area contributed by atoms with Gasteiger partial charge in [-0.2, -0.15) is 0 Å². The van der Waals surface area contributed by atoms with Gasteiger partial charge in [0.15, 0.2) is 0 Å². The molecule has 1 fully saturated rings. The van der Waals surface area contributed by atoms with Crippen molar-refractivity contribution >= 4 is 12.1 Å². The highest BCUT2D eigenvalue weighted by Gasteiger charge is 2.33. The molecular formula is C17H18N2O5. The molecule has 7 heteroatoms. The summed E-state index contributed by atoms with van der Waals surface area (Å²) in [5.41, 5.74) is 0.906. The molecule has 1 amide bonds. The minimum absolute atomic E-state index is 0.189. The minimum atomic E-state index is -1.18. The summed E-state index contributed by atoms with van der Waals surface area (Å²) in [6, 6.07) is 9.03. The van der Waals surface area contributed by atoms with Crippen LogP contribution in [0.4, 0.5) is 4.79 Å². The molecule has 1 unspecified atom stereocenters. The second kappa shape index (κ2) is 7.16. The van der Waals surface area contributed by atoms with E-state index in [1.165, 1.54) is 6.20 Å². The van der Waals surface area contributed by atoms with E-state index < -0.39 is 18.1 Å². The maximum Gasteiger partial charge on any atom is 0.410 e. The molecule has 1 atom stereocenters. The number of piperidine rings is 1. The molecule has 0 bridgehead atoms. The Morgan fingerprint density at radius 3 is 2.79 bits per heavy atom. The Morgan fingerprint density at radius 1 is 1.29 bits per heavy atom. The summed E-state index contributed by atoms with van der Waals surface area (Å²) in [6.45, 7) is 0.720. The largest absolute Gasteiger partial charge is 0.475 e. The summed E-state index contributed by atoms with van der Waals surface area (Å²) < 4.78 is 10.6. The number of hydrogen-bond acceptors (Lipinski definition) is 5. The molecule has 7 nitrogen and oxygen atoms in total. The first-order valence-electron chi connectivity index (χ1n) is 7.81. The van der Waals surface area contributed by atoms with E-state index >= 15 is 0 Å². The van der Waals surface area contributed by atoms with Crippen molar-refractivity contribution in [3.63, 3.8) is 0 Å². The van der Waals surface area contributed by atoms with Crippen LogP contribution in [0.2, 0.25) is 0 Å². The number of aromatic carboxylic acids is 1. The van der Waals surface area contributed by atoms with E-state index in [4.69, 9.17) is 14.3 Å². The first-order chi connectivity index (χ1) is 11.6. The summed E-state index contributed by atoms with van der Waals surface area (Å²) in [7, 11) is 0. The van der Waals surface area contributed by atoms with Crippen LogP contribution in [0.1, 0.15) is 47.3 Å². The van der Waals surface area contributed by atoms with Gasteiger partial charge in [0.25, 0.3) is 0 Å². The molecule has 1 saturated heterocycles. The Hall–Kier alpha value is -2.83. The molecule has 0 saturated carbocycles. The Balaban J connectivity index is 1.69. The summed E-state index contributed by atoms with van der Waals surface area (Å²) in [6.07, 6.45) is 3.17. The van der Waals surface area contributed by atoms with Crippen molar-refractivity contribution in [1.82, 2.24) is 9.88 Å². The Morgan fingerprint density at radius 2 is 2.08 bits per heavy atom. The SMILES string of the molecule is O=C(O)c1cnc(C2CCCCN2C(=O)OCc2ccccc2)o1. The molecule has 24 heavy (non-hydrogen) atoms. The van der Waals surface area contributed by atoms with E-state index in [0.717, 1.165) is 18.4 Å². The fourth-order valence-electron chi connectivity index (χ4n) is 2.75. The van der Waals surface area contributed by atoms with Gasteiger partial charge in [-0.05, 0) is 24.8 Å². The number of carboxylic acid groups (broad SMARTS) is 1. The Labute approximate surface area is 138 Å². The number of nitrogens with zero attached hydrogens (tertiary/aromatic N) is 2. The van der Waals surface area contributed by atoms with Gasteiger partial charge < -0.3 is 14.3 Å². The van der Waals surface area contributed by atoms with Crippen LogP contribution in [0.25, 0.3) is 0 Å². The first-order valence-corrected chi connectivity index (χ1v) is 7.81. The van der Waals surface area contributed by atoms with Crippen LogP contribution in [-0.4, -0.2) is 33.6 Å². The predicted molar refractivity (Wildman–Crippen MR) is 83.4 cm³/mol. The van der Waals surface area contributed by atoms with Gasteiger partial charge in [0, 0.05) is 6.54 Å². The number of ether oxygens (including phenoxy) is 1. The molecule has 126 valence electrons. The van der Waals surface area contributed by atoms with E-state index in [1.807, 2.05) is 30.3 Å². The third kappa shape index (κ3) is 3.56. The second-order valence-corrected chi connectivity index (χ2v) is 5.61. The van der Waals surface area contributed by atoms with Gasteiger partial charge in [-0.15, -0.1) is 0 Å². The van der Waals surface area contributed by atoms with Crippen molar-refractivity contribution in [2.75, 3.05) is 6.54 Å². The lowest BCUT2D eigenvalue weighted by Crippen LogP contribution is -2.39. The number of benzene rings is 1. The zero-order chi connectivity index (χ0) is 16.9. The number of oxazole rings is 1. The smallest absolute Gasteiger partial charge is 0.410 e. The van der Waals surface area contributed by atoms with Gasteiger partial charge >= 0.3 is 12.1 Å². The molecule has 3 rings (SSSR count). The van der Waals surface area contributed by atoms with Crippen LogP contribution in [-0.2, 0) is 11.3 Å². The Bertz CT molecular complexity index is 713. The molecule has 2 heterocycles. The number of carboxylic acids is 1. The highest BCUT2D eigenvalue weighted by atomic mass is 16.6. The number of carbonyl (C=O) groups excluding carboxylic acids is 1. The predicted octanol–water partition coefficient (Wildman–Crippen LogP) is 3.24. The normalized spacial score (nSPS) is 17.5. The van der Waals surface area contributed by atoms with Crippen LogP contribution in [0.15, 0.2) is 40.9 Å². The van der Waals surface area contributed by atoms with Crippen molar-refractivity contribution in [2.45, 2.75) is 31.9 Å². The number of likely N-dealkylation sites (tertiary alicyclic amines) is 1. The van der Waals surface area contributed by atoms with Gasteiger partial charge in [0.1, 0.15) is 12.6 Å². The summed E-state index contributed by atoms with van der Waals surface area (Å²) >= 11 is 0. The molecule has 1 N–H and O–H groups in total. The van der Waals surface area contributed by atoms with E-state index in [2.05, 4.69) is 4.98 Å². The Kier molecular flexibility index (Phi) is 4.79. The van der Waals surface area contributed by atoms with Crippen LogP contribution < -0.4 is 0 Å². The molecule has 0 spiro atoms. The zero-order valence-corrected chi connectivity index (χ0v) is 13.1. The van der Waals surface area contributed by atoms with Crippen molar-refractivity contribution in [1.29, 1.82) is 0 Å². The van der Waals surface area contributed by atoms with Crippen LogP contribution in [0.5, 0.6) is 0 Å². The van der Waals surface area contributed by atoms with E-state index in [1.54, 1.807) is 4.90 Å². The average molecular weight is 330 g/mol. The maximum absolute atomic E-state index is 12.4. The van der Waals surface area contributed by atoms with Crippen LogP contribution in [0.3, 0.4) is 0 Å². The van der Waals surface area contributed by atoms with Gasteiger partial charge in [-0.3, -0.25) is 4.90 Å². The quantitative estimate of drug-likeness (QED) is 0.925. The number of rotatable bonds is 4. The lowest BCUT2D eigenvalue weighted by Gasteiger charge is -2.32. The number of aromatic nitrogens is 1. The number of amides is 1. The summed E-state index contributed by atoms with van der Waals surface area (Å²) in [5.74, 6) is -1.17. The van der Waals surface area contributed by atoms with Crippen molar-refractivity contribution < 1.29 is 23.8 Å². The average Bonchev–Trinajstić information content (AvgIpc) is 3.11. The van der Waals surface area contributed by atoms with Gasteiger partial charge in [0.05, 0.1) is 6.20 Å². The lowest BCUT2D eigenvalue weighted by molar-refractivity contribution is 0.0582. The topological polar surface area (TPSA) is 92.9 Å². The number of hydrogen-bond donors (Lipinski definition) is 1. The van der Waals surface area contributed by atoms with Gasteiger partial charge in [-0.1, -0.05) is 30.3 Å². The van der Waals surface area contributed by atoms with Crippen molar-refractivity contribution in [3.8, 4) is 0 Å². The van der Waals surface area contributed by atoms with Gasteiger partial charge in [0.2, 0.25) is 11.7 Å². The highest BCUT2D eigenvalue weighted by Crippen LogP contribution is 2.31. The van der Waals surface area contributed by atoms with Crippen molar-refractivity contribution in [2.24, 2.45) is 0 Å². The van der Waals surface area contributed by atoms with Crippen LogP contribution >= 0.6 is 0 Å². The third-order valence-corrected chi connectivity index (χ3v) is 3.96. The zero-order valence-electron chi connectivity index (χ0n) is 13.1. The summed E-state index contributed by atoms with van der Waals surface area (Å²) in [5, 5.41) is 8.94. The fourth-order valence-corrected chi connectivity index (χ4v) is 2.75. The van der Waals surface area contributed by atoms with E-state index in [0.29, 0.717) is 13.0 Å². The standard InChI is InChI=1S/C17H18N2O5/c20-16(21)14-10-18-15(24-14)13-8-4-5-9-19(13)17(22)23-11-12-6-2-1-3-7-12/h1-3,6-7,10,13H,4-5,8-9,11H2,(H,20,21). The molecular weight excluding hydrogens is 312 g/mol. The maximum atomic E-state index is 12.4. The first kappa shape index (κ1) is 16.0. The molecule has 1 aromatic carbocycles. The fraction of sp³-hybridized carbons (Fsp3) is 0.353. The third-order valence-electron chi connectivity index (χ3n) is 3.96.